The Labute approximate surface area is 252 Å². The van der Waals surface area contributed by atoms with Crippen molar-refractivity contribution in [3.63, 3.8) is 0 Å². The van der Waals surface area contributed by atoms with Gasteiger partial charge in [0.1, 0.15) is 11.2 Å². The lowest BCUT2D eigenvalue weighted by Gasteiger charge is -2.10. The number of benzene rings is 6. The Bertz CT molecular complexity index is 2440. The molecule has 0 atom stereocenters. The van der Waals surface area contributed by atoms with Crippen molar-refractivity contribution < 1.29 is 4.42 Å². The molecule has 0 aliphatic heterocycles. The van der Waals surface area contributed by atoms with Crippen molar-refractivity contribution in [2.75, 3.05) is 0 Å². The average molecular weight is 565 g/mol. The Morgan fingerprint density at radius 3 is 1.77 bits per heavy atom. The van der Waals surface area contributed by atoms with Gasteiger partial charge in [-0.2, -0.15) is 0 Å². The minimum Gasteiger partial charge on any atom is -0.456 e. The highest BCUT2D eigenvalue weighted by Gasteiger charge is 2.20. The molecule has 9 rings (SSSR count). The molecule has 0 bridgehead atoms. The minimum atomic E-state index is 0.641. The molecule has 0 aliphatic rings. The third-order valence-corrected chi connectivity index (χ3v) is 8.26. The van der Waals surface area contributed by atoms with Gasteiger partial charge in [0, 0.05) is 43.9 Å². The summed E-state index contributed by atoms with van der Waals surface area (Å²) in [5.41, 5.74) is 7.89. The molecule has 5 heteroatoms. The van der Waals surface area contributed by atoms with Gasteiger partial charge in [0.2, 0.25) is 0 Å². The first-order chi connectivity index (χ1) is 21.8. The second-order valence-corrected chi connectivity index (χ2v) is 10.9. The van der Waals surface area contributed by atoms with Crippen molar-refractivity contribution in [1.82, 2.24) is 19.5 Å². The third-order valence-electron chi connectivity index (χ3n) is 8.26. The maximum Gasteiger partial charge on any atom is 0.164 e. The van der Waals surface area contributed by atoms with Crippen LogP contribution in [-0.4, -0.2) is 19.5 Å². The summed E-state index contributed by atoms with van der Waals surface area (Å²) in [5.74, 6) is 1.93. The highest BCUT2D eigenvalue weighted by atomic mass is 16.3. The summed E-state index contributed by atoms with van der Waals surface area (Å²) < 4.78 is 8.47. The van der Waals surface area contributed by atoms with E-state index in [2.05, 4.69) is 77.4 Å². The van der Waals surface area contributed by atoms with Gasteiger partial charge in [-0.05, 0) is 36.4 Å². The van der Waals surface area contributed by atoms with Crippen molar-refractivity contribution in [2.45, 2.75) is 0 Å². The van der Waals surface area contributed by atoms with E-state index in [0.29, 0.717) is 17.5 Å². The Hall–Kier alpha value is -6.07. The number of furan rings is 1. The second-order valence-electron chi connectivity index (χ2n) is 10.9. The molecule has 0 spiro atoms. The van der Waals surface area contributed by atoms with Gasteiger partial charge in [-0.15, -0.1) is 0 Å². The average Bonchev–Trinajstić information content (AvgIpc) is 3.64. The van der Waals surface area contributed by atoms with Gasteiger partial charge < -0.3 is 8.98 Å². The molecular weight excluding hydrogens is 540 g/mol. The summed E-state index contributed by atoms with van der Waals surface area (Å²) in [4.78, 5) is 15.0. The van der Waals surface area contributed by atoms with Crippen molar-refractivity contribution in [3.05, 3.63) is 146 Å². The first-order valence-electron chi connectivity index (χ1n) is 14.6. The molecule has 206 valence electrons. The minimum absolute atomic E-state index is 0.641. The first kappa shape index (κ1) is 24.5. The van der Waals surface area contributed by atoms with E-state index in [9.17, 15) is 0 Å². The van der Waals surface area contributed by atoms with Crippen LogP contribution in [0.2, 0.25) is 0 Å². The summed E-state index contributed by atoms with van der Waals surface area (Å²) in [6.45, 7) is 0. The molecule has 3 heterocycles. The van der Waals surface area contributed by atoms with Crippen LogP contribution >= 0.6 is 0 Å². The van der Waals surface area contributed by atoms with Gasteiger partial charge in [0.25, 0.3) is 0 Å². The van der Waals surface area contributed by atoms with Crippen molar-refractivity contribution in [3.8, 4) is 39.9 Å². The third kappa shape index (κ3) is 3.83. The van der Waals surface area contributed by atoms with Gasteiger partial charge in [-0.1, -0.05) is 109 Å². The summed E-state index contributed by atoms with van der Waals surface area (Å²) in [6.07, 6.45) is 0. The normalized spacial score (nSPS) is 11.6. The van der Waals surface area contributed by atoms with E-state index >= 15 is 0 Å². The van der Waals surface area contributed by atoms with Gasteiger partial charge in [0.15, 0.2) is 17.5 Å². The first-order valence-corrected chi connectivity index (χ1v) is 14.6. The molecule has 0 radical (unpaired) electrons. The van der Waals surface area contributed by atoms with Crippen LogP contribution in [0.1, 0.15) is 0 Å². The molecular formula is C39H24N4O. The number of aromatic nitrogens is 4. The number of hydrogen-bond acceptors (Lipinski definition) is 4. The van der Waals surface area contributed by atoms with Crippen molar-refractivity contribution in [2.24, 2.45) is 0 Å². The van der Waals surface area contributed by atoms with E-state index in [1.54, 1.807) is 0 Å². The fourth-order valence-electron chi connectivity index (χ4n) is 6.27. The van der Waals surface area contributed by atoms with Crippen LogP contribution < -0.4 is 0 Å². The predicted molar refractivity (Wildman–Crippen MR) is 178 cm³/mol. The second kappa shape index (κ2) is 9.75. The summed E-state index contributed by atoms with van der Waals surface area (Å²) in [7, 11) is 0. The molecule has 0 saturated heterocycles. The number of fused-ring (bicyclic) bond motifs is 6. The molecule has 3 aromatic heterocycles. The van der Waals surface area contributed by atoms with E-state index in [4.69, 9.17) is 19.4 Å². The zero-order chi connectivity index (χ0) is 29.0. The van der Waals surface area contributed by atoms with Crippen molar-refractivity contribution >= 4 is 43.7 Å². The summed E-state index contributed by atoms with van der Waals surface area (Å²) >= 11 is 0. The standard InChI is InChI=1S/C39H24N4O/c1-3-12-25(13-4-1)37-40-38(26-14-5-2-6-15-26)42-39(41-37)30-18-11-20-33-36(30)29-17-7-9-19-32(29)43(33)27-22-23-35-31(24-27)28-16-8-10-21-34(28)44-35/h1-24H. The van der Waals surface area contributed by atoms with Crippen LogP contribution in [0.4, 0.5) is 0 Å². The molecule has 0 fully saturated rings. The van der Waals surface area contributed by atoms with E-state index in [0.717, 1.165) is 66.1 Å². The van der Waals surface area contributed by atoms with Gasteiger partial charge in [-0.25, -0.2) is 15.0 Å². The SMILES string of the molecule is c1ccc(-c2nc(-c3ccccc3)nc(-c3cccc4c3c3ccccc3n4-c3ccc4oc5ccccc5c4c3)n2)cc1. The number of nitrogens with zero attached hydrogens (tertiary/aromatic N) is 4. The van der Waals surface area contributed by atoms with Crippen LogP contribution in [0, 0.1) is 0 Å². The molecule has 0 N–H and O–H groups in total. The molecule has 44 heavy (non-hydrogen) atoms. The zero-order valence-corrected chi connectivity index (χ0v) is 23.6. The molecule has 0 unspecified atom stereocenters. The zero-order valence-electron chi connectivity index (χ0n) is 23.6. The van der Waals surface area contributed by atoms with Gasteiger partial charge in [0.05, 0.1) is 11.0 Å². The molecule has 0 saturated carbocycles. The lowest BCUT2D eigenvalue weighted by Crippen LogP contribution is -2.00. The fourth-order valence-corrected chi connectivity index (χ4v) is 6.27. The van der Waals surface area contributed by atoms with Crippen LogP contribution in [0.5, 0.6) is 0 Å². The molecule has 9 aromatic rings. The number of rotatable bonds is 4. The largest absolute Gasteiger partial charge is 0.456 e. The molecule has 6 aromatic carbocycles. The summed E-state index contributed by atoms with van der Waals surface area (Å²) in [5, 5.41) is 4.44. The van der Waals surface area contributed by atoms with Crippen LogP contribution in [0.3, 0.4) is 0 Å². The fraction of sp³-hybridized carbons (Fsp3) is 0. The predicted octanol–water partition coefficient (Wildman–Crippen LogP) is 9.87. The Kier molecular flexibility index (Phi) is 5.43. The lowest BCUT2D eigenvalue weighted by atomic mass is 10.1. The lowest BCUT2D eigenvalue weighted by molar-refractivity contribution is 0.669. The van der Waals surface area contributed by atoms with Gasteiger partial charge in [-0.3, -0.25) is 0 Å². The van der Waals surface area contributed by atoms with Crippen LogP contribution in [0.25, 0.3) is 83.6 Å². The van der Waals surface area contributed by atoms with Crippen LogP contribution in [0.15, 0.2) is 150 Å². The van der Waals surface area contributed by atoms with E-state index in [1.807, 2.05) is 72.8 Å². The maximum atomic E-state index is 6.14. The molecule has 0 amide bonds. The van der Waals surface area contributed by atoms with Gasteiger partial charge >= 0.3 is 0 Å². The highest BCUT2D eigenvalue weighted by molar-refractivity contribution is 6.15. The highest BCUT2D eigenvalue weighted by Crippen LogP contribution is 2.39. The Morgan fingerprint density at radius 2 is 1.02 bits per heavy atom. The van der Waals surface area contributed by atoms with E-state index in [1.165, 1.54) is 0 Å². The monoisotopic (exact) mass is 564 g/mol. The topological polar surface area (TPSA) is 56.7 Å². The molecule has 0 aliphatic carbocycles. The Balaban J connectivity index is 1.32. The maximum absolute atomic E-state index is 6.14. The quantitative estimate of drug-likeness (QED) is 0.213. The summed E-state index contributed by atoms with van der Waals surface area (Å²) in [6, 6.07) is 49.7. The van der Waals surface area contributed by atoms with Crippen molar-refractivity contribution in [1.29, 1.82) is 0 Å². The number of para-hydroxylation sites is 2. The van der Waals surface area contributed by atoms with E-state index < -0.39 is 0 Å². The molecule has 5 nitrogen and oxygen atoms in total. The smallest absolute Gasteiger partial charge is 0.164 e. The van der Waals surface area contributed by atoms with E-state index in [-0.39, 0.29) is 0 Å². The Morgan fingerprint density at radius 1 is 0.432 bits per heavy atom. The number of hydrogen-bond donors (Lipinski definition) is 0. The van der Waals surface area contributed by atoms with Crippen LogP contribution in [-0.2, 0) is 0 Å².